The first-order chi connectivity index (χ1) is 11.5. The van der Waals surface area contributed by atoms with Crippen LogP contribution in [0.4, 0.5) is 4.79 Å². The Kier molecular flexibility index (Phi) is 5.89. The SMILES string of the molecule is CC(C)CC(NC(=O)OCc1ccccc1)c1nc(C(=O)O)n[nH]1. The standard InChI is InChI=1S/C16H20N4O4/c1-10(2)8-12(13-18-14(15(21)22)20-19-13)17-16(23)24-9-11-6-4-3-5-7-11/h3-7,10,12H,8-9H2,1-2H3,(H,17,23)(H,21,22)(H,18,19,20). The number of carbonyl (C=O) groups is 2. The van der Waals surface area contributed by atoms with Crippen LogP contribution in [0, 0.1) is 5.92 Å². The van der Waals surface area contributed by atoms with Gasteiger partial charge < -0.3 is 15.2 Å². The number of nitrogens with zero attached hydrogens (tertiary/aromatic N) is 2. The van der Waals surface area contributed by atoms with E-state index < -0.39 is 18.1 Å². The van der Waals surface area contributed by atoms with Gasteiger partial charge in [0.2, 0.25) is 0 Å². The van der Waals surface area contributed by atoms with Crippen molar-refractivity contribution in [2.24, 2.45) is 5.92 Å². The van der Waals surface area contributed by atoms with Crippen molar-refractivity contribution in [3.63, 3.8) is 0 Å². The number of hydrogen-bond donors (Lipinski definition) is 3. The molecular weight excluding hydrogens is 312 g/mol. The summed E-state index contributed by atoms with van der Waals surface area (Å²) < 4.78 is 5.19. The second kappa shape index (κ2) is 8.09. The molecule has 2 rings (SSSR count). The summed E-state index contributed by atoms with van der Waals surface area (Å²) in [6, 6.07) is 8.81. The van der Waals surface area contributed by atoms with Crippen LogP contribution in [0.15, 0.2) is 30.3 Å². The molecule has 0 aliphatic carbocycles. The minimum absolute atomic E-state index is 0.151. The third-order valence-electron chi connectivity index (χ3n) is 3.24. The molecule has 0 fully saturated rings. The van der Waals surface area contributed by atoms with E-state index in [1.165, 1.54) is 0 Å². The molecule has 1 aromatic heterocycles. The molecular formula is C16H20N4O4. The van der Waals surface area contributed by atoms with Crippen LogP contribution in [0.5, 0.6) is 0 Å². The third-order valence-corrected chi connectivity index (χ3v) is 3.24. The number of carbonyl (C=O) groups excluding carboxylic acids is 1. The van der Waals surface area contributed by atoms with Gasteiger partial charge in [-0.15, -0.1) is 5.10 Å². The molecule has 0 bridgehead atoms. The zero-order chi connectivity index (χ0) is 17.5. The molecule has 128 valence electrons. The normalized spacial score (nSPS) is 12.0. The maximum absolute atomic E-state index is 12.0. The highest BCUT2D eigenvalue weighted by atomic mass is 16.5. The van der Waals surface area contributed by atoms with Gasteiger partial charge in [0.15, 0.2) is 0 Å². The summed E-state index contributed by atoms with van der Waals surface area (Å²) in [6.07, 6.45) is -0.0351. The number of carboxylic acid groups (broad SMARTS) is 1. The number of nitrogens with one attached hydrogen (secondary N) is 2. The molecule has 1 unspecified atom stereocenters. The highest BCUT2D eigenvalue weighted by molar-refractivity contribution is 5.82. The van der Waals surface area contributed by atoms with Gasteiger partial charge in [0.05, 0.1) is 6.04 Å². The maximum Gasteiger partial charge on any atom is 0.408 e. The van der Waals surface area contributed by atoms with Gasteiger partial charge in [-0.05, 0) is 17.9 Å². The van der Waals surface area contributed by atoms with Gasteiger partial charge in [-0.25, -0.2) is 14.6 Å². The molecule has 2 aromatic rings. The topological polar surface area (TPSA) is 117 Å². The molecule has 1 atom stereocenters. The Bertz CT molecular complexity index is 684. The van der Waals surface area contributed by atoms with Crippen molar-refractivity contribution in [3.8, 4) is 0 Å². The third kappa shape index (κ3) is 5.08. The van der Waals surface area contributed by atoms with E-state index in [0.717, 1.165) is 5.56 Å². The predicted molar refractivity (Wildman–Crippen MR) is 85.3 cm³/mol. The lowest BCUT2D eigenvalue weighted by Crippen LogP contribution is -2.30. The Morgan fingerprint density at radius 2 is 2.00 bits per heavy atom. The van der Waals surface area contributed by atoms with Gasteiger partial charge >= 0.3 is 12.1 Å². The molecule has 0 radical (unpaired) electrons. The number of ether oxygens (including phenoxy) is 1. The number of aromatic carboxylic acids is 1. The van der Waals surface area contributed by atoms with E-state index >= 15 is 0 Å². The van der Waals surface area contributed by atoms with E-state index in [-0.39, 0.29) is 24.2 Å². The minimum atomic E-state index is -1.23. The van der Waals surface area contributed by atoms with Crippen molar-refractivity contribution in [2.75, 3.05) is 0 Å². The molecule has 0 saturated carbocycles. The van der Waals surface area contributed by atoms with Crippen LogP contribution in [-0.2, 0) is 11.3 Å². The van der Waals surface area contributed by atoms with E-state index in [4.69, 9.17) is 9.84 Å². The van der Waals surface area contributed by atoms with Gasteiger partial charge in [-0.2, -0.15) is 0 Å². The lowest BCUT2D eigenvalue weighted by molar-refractivity contribution is 0.0684. The first kappa shape index (κ1) is 17.5. The number of aromatic nitrogens is 3. The summed E-state index contributed by atoms with van der Waals surface area (Å²) in [4.78, 5) is 26.8. The zero-order valence-electron chi connectivity index (χ0n) is 13.5. The Hall–Kier alpha value is -2.90. The first-order valence-corrected chi connectivity index (χ1v) is 7.58. The van der Waals surface area contributed by atoms with E-state index in [1.807, 2.05) is 44.2 Å². The molecule has 8 heteroatoms. The van der Waals surface area contributed by atoms with Crippen LogP contribution < -0.4 is 5.32 Å². The van der Waals surface area contributed by atoms with Crippen molar-refractivity contribution in [1.29, 1.82) is 0 Å². The summed E-state index contributed by atoms with van der Waals surface area (Å²) in [5.41, 5.74) is 0.876. The van der Waals surface area contributed by atoms with Gasteiger partial charge in [0, 0.05) is 0 Å². The van der Waals surface area contributed by atoms with Crippen molar-refractivity contribution in [2.45, 2.75) is 32.9 Å². The van der Waals surface area contributed by atoms with Crippen molar-refractivity contribution in [3.05, 3.63) is 47.5 Å². The minimum Gasteiger partial charge on any atom is -0.475 e. The molecule has 1 aromatic carbocycles. The number of alkyl carbamates (subject to hydrolysis) is 1. The Morgan fingerprint density at radius 3 is 2.58 bits per heavy atom. The number of hydrogen-bond acceptors (Lipinski definition) is 5. The van der Waals surface area contributed by atoms with Crippen LogP contribution in [0.25, 0.3) is 0 Å². The number of H-pyrrole nitrogens is 1. The average molecular weight is 332 g/mol. The van der Waals surface area contributed by atoms with Crippen molar-refractivity contribution < 1.29 is 19.4 Å². The van der Waals surface area contributed by atoms with E-state index in [9.17, 15) is 9.59 Å². The first-order valence-electron chi connectivity index (χ1n) is 7.58. The summed E-state index contributed by atoms with van der Waals surface area (Å²) in [7, 11) is 0. The lowest BCUT2D eigenvalue weighted by atomic mass is 10.0. The highest BCUT2D eigenvalue weighted by Crippen LogP contribution is 2.18. The van der Waals surface area contributed by atoms with E-state index in [2.05, 4.69) is 20.5 Å². The fourth-order valence-corrected chi connectivity index (χ4v) is 2.14. The van der Waals surface area contributed by atoms with Crippen LogP contribution in [-0.4, -0.2) is 32.4 Å². The summed E-state index contributed by atoms with van der Waals surface area (Å²) in [5, 5.41) is 17.8. The van der Waals surface area contributed by atoms with Crippen LogP contribution in [0.1, 0.15) is 48.3 Å². The fraction of sp³-hybridized carbons (Fsp3) is 0.375. The monoisotopic (exact) mass is 332 g/mol. The fourth-order valence-electron chi connectivity index (χ4n) is 2.14. The van der Waals surface area contributed by atoms with Crippen LogP contribution in [0.3, 0.4) is 0 Å². The smallest absolute Gasteiger partial charge is 0.408 e. The average Bonchev–Trinajstić information content (AvgIpc) is 3.03. The molecule has 0 aliphatic rings. The van der Waals surface area contributed by atoms with Gasteiger partial charge in [0.25, 0.3) is 5.82 Å². The predicted octanol–water partition coefficient (Wildman–Crippen LogP) is 2.52. The van der Waals surface area contributed by atoms with Crippen LogP contribution in [0.2, 0.25) is 0 Å². The zero-order valence-corrected chi connectivity index (χ0v) is 13.5. The lowest BCUT2D eigenvalue weighted by Gasteiger charge is -2.18. The Labute approximate surface area is 139 Å². The number of rotatable bonds is 7. The molecule has 8 nitrogen and oxygen atoms in total. The van der Waals surface area contributed by atoms with Crippen molar-refractivity contribution >= 4 is 12.1 Å². The van der Waals surface area contributed by atoms with Gasteiger partial charge in [-0.3, -0.25) is 5.10 Å². The summed E-state index contributed by atoms with van der Waals surface area (Å²) in [6.45, 7) is 4.12. The molecule has 0 aliphatic heterocycles. The highest BCUT2D eigenvalue weighted by Gasteiger charge is 2.22. The van der Waals surface area contributed by atoms with E-state index in [0.29, 0.717) is 6.42 Å². The number of amides is 1. The van der Waals surface area contributed by atoms with Gasteiger partial charge in [-0.1, -0.05) is 44.2 Å². The maximum atomic E-state index is 12.0. The number of aromatic amines is 1. The largest absolute Gasteiger partial charge is 0.475 e. The van der Waals surface area contributed by atoms with Gasteiger partial charge in [0.1, 0.15) is 12.4 Å². The summed E-state index contributed by atoms with van der Waals surface area (Å²) >= 11 is 0. The number of benzene rings is 1. The second-order valence-electron chi connectivity index (χ2n) is 5.74. The molecule has 0 saturated heterocycles. The molecule has 1 amide bonds. The van der Waals surface area contributed by atoms with E-state index in [1.54, 1.807) is 0 Å². The molecule has 0 spiro atoms. The molecule has 1 heterocycles. The van der Waals surface area contributed by atoms with Crippen LogP contribution >= 0.6 is 0 Å². The molecule has 3 N–H and O–H groups in total. The summed E-state index contributed by atoms with van der Waals surface area (Å²) in [5.74, 6) is -1.02. The Balaban J connectivity index is 1.99. The van der Waals surface area contributed by atoms with Crippen molar-refractivity contribution in [1.82, 2.24) is 20.5 Å². The second-order valence-corrected chi connectivity index (χ2v) is 5.74. The number of carboxylic acids is 1. The quantitative estimate of drug-likeness (QED) is 0.717. The molecule has 24 heavy (non-hydrogen) atoms. The Morgan fingerprint density at radius 1 is 1.29 bits per heavy atom.